The molecule has 0 rings (SSSR count). The van der Waals surface area contributed by atoms with Gasteiger partial charge in [-0.3, -0.25) is 4.79 Å². The number of aliphatic carboxylic acids is 1. The average Bonchev–Trinajstić information content (AvgIpc) is 0.811. The normalized spacial score (nSPS) is 2.78. The summed E-state index contributed by atoms with van der Waals surface area (Å²) in [5, 5.41) is 7.42. The summed E-state index contributed by atoms with van der Waals surface area (Å²) in [4.78, 5) is 9.00. The predicted octanol–water partition coefficient (Wildman–Crippen LogP) is -12.3. The Morgan fingerprint density at radius 2 is 1.22 bits per heavy atom. The summed E-state index contributed by atoms with van der Waals surface area (Å²) >= 11 is 0. The van der Waals surface area contributed by atoms with Crippen LogP contribution >= 0.6 is 0 Å². The van der Waals surface area contributed by atoms with E-state index in [0.29, 0.717) is 0 Å². The second-order valence-electron chi connectivity index (χ2n) is 0.519. The molecule has 0 amide bonds. The molecule has 0 bridgehead atoms. The first kappa shape index (κ1) is 43.5. The molecule has 0 atom stereocenters. The SMILES string of the molecule is CC(=O)O.[Cl-].[Cl-].[Cl-].[Mg+2].[Na+]. The zero-order valence-corrected chi connectivity index (χ0v) is 10.9. The molecule has 0 spiro atoms. The molecule has 0 aromatic rings. The monoisotopic (exact) mass is 212 g/mol. The molecule has 48 valence electrons. The van der Waals surface area contributed by atoms with Gasteiger partial charge < -0.3 is 42.3 Å². The minimum atomic E-state index is -0.833. The predicted molar refractivity (Wildman–Crippen MR) is 19.1 cm³/mol. The number of hydrogen-bond donors (Lipinski definition) is 1. The Kier molecular flexibility index (Phi) is 155. The van der Waals surface area contributed by atoms with Gasteiger partial charge in [-0.15, -0.1) is 0 Å². The van der Waals surface area contributed by atoms with Gasteiger partial charge in [0.15, 0.2) is 0 Å². The molecule has 0 aliphatic heterocycles. The van der Waals surface area contributed by atoms with Crippen molar-refractivity contribution in [2.24, 2.45) is 0 Å². The van der Waals surface area contributed by atoms with Crippen LogP contribution in [0.2, 0.25) is 0 Å². The second kappa shape index (κ2) is 32.1. The summed E-state index contributed by atoms with van der Waals surface area (Å²) in [5.41, 5.74) is 0. The van der Waals surface area contributed by atoms with E-state index in [4.69, 9.17) is 9.90 Å². The summed E-state index contributed by atoms with van der Waals surface area (Å²) in [5.74, 6) is -0.833. The zero-order valence-electron chi connectivity index (χ0n) is 5.20. The molecule has 0 heterocycles. The minimum Gasteiger partial charge on any atom is -1.00 e. The summed E-state index contributed by atoms with van der Waals surface area (Å²) in [6.45, 7) is 1.08. The molecular formula is C2H4Cl3MgNaO2. The largest absolute Gasteiger partial charge is 2.00 e. The molecule has 1 N–H and O–H groups in total. The van der Waals surface area contributed by atoms with Gasteiger partial charge >= 0.3 is 52.6 Å². The quantitative estimate of drug-likeness (QED) is 0.406. The molecule has 9 heavy (non-hydrogen) atoms. The van der Waals surface area contributed by atoms with Crippen LogP contribution in [0.1, 0.15) is 6.92 Å². The van der Waals surface area contributed by atoms with E-state index >= 15 is 0 Å². The van der Waals surface area contributed by atoms with Crippen LogP contribution in [0, 0.1) is 0 Å². The van der Waals surface area contributed by atoms with Gasteiger partial charge in [-0.05, 0) is 0 Å². The van der Waals surface area contributed by atoms with Gasteiger partial charge in [-0.1, -0.05) is 0 Å². The van der Waals surface area contributed by atoms with Gasteiger partial charge in [0.05, 0.1) is 0 Å². The van der Waals surface area contributed by atoms with Crippen LogP contribution in [0.4, 0.5) is 0 Å². The van der Waals surface area contributed by atoms with E-state index in [1.54, 1.807) is 0 Å². The Labute approximate surface area is 111 Å². The third-order valence-corrected chi connectivity index (χ3v) is 0. The molecule has 0 radical (unpaired) electrons. The molecular weight excluding hydrogens is 210 g/mol. The van der Waals surface area contributed by atoms with Crippen molar-refractivity contribution in [2.75, 3.05) is 0 Å². The fourth-order valence-corrected chi connectivity index (χ4v) is 0. The Morgan fingerprint density at radius 3 is 1.22 bits per heavy atom. The van der Waals surface area contributed by atoms with E-state index in [-0.39, 0.29) is 89.8 Å². The smallest absolute Gasteiger partial charge is 1.00 e. The van der Waals surface area contributed by atoms with Crippen molar-refractivity contribution < 1.29 is 76.7 Å². The van der Waals surface area contributed by atoms with Crippen molar-refractivity contribution in [3.05, 3.63) is 0 Å². The van der Waals surface area contributed by atoms with E-state index in [2.05, 4.69) is 0 Å². The van der Waals surface area contributed by atoms with Crippen LogP contribution in [-0.4, -0.2) is 34.1 Å². The van der Waals surface area contributed by atoms with Gasteiger partial charge in [0, 0.05) is 6.92 Å². The van der Waals surface area contributed by atoms with Crippen molar-refractivity contribution in [3.8, 4) is 0 Å². The maximum Gasteiger partial charge on any atom is 2.00 e. The maximum atomic E-state index is 9.00. The Morgan fingerprint density at radius 1 is 1.22 bits per heavy atom. The topological polar surface area (TPSA) is 37.3 Å². The number of carbonyl (C=O) groups is 1. The van der Waals surface area contributed by atoms with Crippen LogP contribution in [0.5, 0.6) is 0 Å². The van der Waals surface area contributed by atoms with Crippen LogP contribution in [0.25, 0.3) is 0 Å². The number of hydrogen-bond acceptors (Lipinski definition) is 1. The van der Waals surface area contributed by atoms with Gasteiger partial charge in [0.25, 0.3) is 5.97 Å². The zero-order chi connectivity index (χ0) is 3.58. The molecule has 0 aromatic carbocycles. The van der Waals surface area contributed by atoms with Crippen molar-refractivity contribution >= 4 is 29.0 Å². The molecule has 0 unspecified atom stereocenters. The Balaban J connectivity index is -0.00000000450. The minimum absolute atomic E-state index is 0. The van der Waals surface area contributed by atoms with Crippen molar-refractivity contribution in [1.82, 2.24) is 0 Å². The summed E-state index contributed by atoms with van der Waals surface area (Å²) < 4.78 is 0. The maximum absolute atomic E-state index is 9.00. The first-order valence-corrected chi connectivity index (χ1v) is 0.928. The molecule has 0 aromatic heterocycles. The number of carboxylic acids is 1. The van der Waals surface area contributed by atoms with Crippen LogP contribution in [-0.2, 0) is 4.79 Å². The van der Waals surface area contributed by atoms with Crippen molar-refractivity contribution in [3.63, 3.8) is 0 Å². The first-order chi connectivity index (χ1) is 1.73. The van der Waals surface area contributed by atoms with Crippen LogP contribution < -0.4 is 66.8 Å². The molecule has 0 saturated carbocycles. The molecule has 0 aliphatic carbocycles. The van der Waals surface area contributed by atoms with Gasteiger partial charge in [0.1, 0.15) is 0 Å². The van der Waals surface area contributed by atoms with E-state index in [9.17, 15) is 0 Å². The number of halogens is 3. The molecule has 0 saturated heterocycles. The van der Waals surface area contributed by atoms with Crippen LogP contribution in [0.3, 0.4) is 0 Å². The van der Waals surface area contributed by atoms with Gasteiger partial charge in [-0.25, -0.2) is 0 Å². The van der Waals surface area contributed by atoms with Crippen molar-refractivity contribution in [2.45, 2.75) is 6.92 Å². The number of carboxylic acid groups (broad SMARTS) is 1. The standard InChI is InChI=1S/C2H4O2.3ClH.Mg.Na/c1-2(3)4;;;;;/h1H3,(H,3,4);3*1H;;/q;;;;+2;+1/p-3. The van der Waals surface area contributed by atoms with Crippen molar-refractivity contribution in [1.29, 1.82) is 0 Å². The van der Waals surface area contributed by atoms with E-state index in [0.717, 1.165) is 6.92 Å². The third-order valence-electron chi connectivity index (χ3n) is 0. The molecule has 2 nitrogen and oxygen atoms in total. The fraction of sp³-hybridized carbons (Fsp3) is 0.500. The first-order valence-electron chi connectivity index (χ1n) is 0.928. The summed E-state index contributed by atoms with van der Waals surface area (Å²) in [7, 11) is 0. The summed E-state index contributed by atoms with van der Waals surface area (Å²) in [6, 6.07) is 0. The van der Waals surface area contributed by atoms with Crippen LogP contribution in [0.15, 0.2) is 0 Å². The van der Waals surface area contributed by atoms with E-state index in [1.807, 2.05) is 0 Å². The third kappa shape index (κ3) is 150. The Hall–Kier alpha value is 2.11. The molecule has 0 aliphatic rings. The molecule has 7 heteroatoms. The van der Waals surface area contributed by atoms with E-state index in [1.165, 1.54) is 0 Å². The number of rotatable bonds is 0. The average molecular weight is 214 g/mol. The van der Waals surface area contributed by atoms with E-state index < -0.39 is 5.97 Å². The summed E-state index contributed by atoms with van der Waals surface area (Å²) in [6.07, 6.45) is 0. The second-order valence-corrected chi connectivity index (χ2v) is 0.519. The fourth-order valence-electron chi connectivity index (χ4n) is 0. The molecule has 0 fully saturated rings. The van der Waals surface area contributed by atoms with Gasteiger partial charge in [-0.2, -0.15) is 0 Å². The Bertz CT molecular complexity index is 42.8. The van der Waals surface area contributed by atoms with Gasteiger partial charge in [0.2, 0.25) is 0 Å².